The SMILES string of the molecule is C=CO[C@@H](c1ccccc1)[C@H](OCC)c1ccccc1. The molecule has 0 aliphatic carbocycles. The Bertz CT molecular complexity index is 507. The lowest BCUT2D eigenvalue weighted by Crippen LogP contribution is -2.16. The van der Waals surface area contributed by atoms with E-state index in [1.165, 1.54) is 6.26 Å². The summed E-state index contributed by atoms with van der Waals surface area (Å²) in [6, 6.07) is 20.2. The lowest BCUT2D eigenvalue weighted by Gasteiger charge is -2.27. The highest BCUT2D eigenvalue weighted by molar-refractivity contribution is 5.25. The number of hydrogen-bond donors (Lipinski definition) is 0. The van der Waals surface area contributed by atoms with E-state index >= 15 is 0 Å². The molecule has 0 aromatic heterocycles. The van der Waals surface area contributed by atoms with Gasteiger partial charge in [-0.2, -0.15) is 0 Å². The van der Waals surface area contributed by atoms with Gasteiger partial charge in [-0.3, -0.25) is 0 Å². The van der Waals surface area contributed by atoms with Crippen molar-refractivity contribution in [2.75, 3.05) is 6.61 Å². The van der Waals surface area contributed by atoms with Crippen molar-refractivity contribution in [1.82, 2.24) is 0 Å². The van der Waals surface area contributed by atoms with Gasteiger partial charge in [0.2, 0.25) is 0 Å². The summed E-state index contributed by atoms with van der Waals surface area (Å²) in [6.45, 7) is 6.30. The highest BCUT2D eigenvalue weighted by Crippen LogP contribution is 2.35. The van der Waals surface area contributed by atoms with Crippen molar-refractivity contribution in [2.24, 2.45) is 0 Å². The van der Waals surface area contributed by atoms with Gasteiger partial charge in [-0.1, -0.05) is 67.2 Å². The van der Waals surface area contributed by atoms with Crippen molar-refractivity contribution in [3.05, 3.63) is 84.6 Å². The van der Waals surface area contributed by atoms with Gasteiger partial charge in [-0.05, 0) is 18.1 Å². The zero-order chi connectivity index (χ0) is 14.2. The van der Waals surface area contributed by atoms with Gasteiger partial charge in [0.05, 0.1) is 6.26 Å². The minimum Gasteiger partial charge on any atom is -0.491 e. The average Bonchev–Trinajstić information content (AvgIpc) is 2.52. The van der Waals surface area contributed by atoms with Crippen molar-refractivity contribution in [3.63, 3.8) is 0 Å². The minimum absolute atomic E-state index is 0.151. The van der Waals surface area contributed by atoms with Gasteiger partial charge in [0.15, 0.2) is 6.10 Å². The zero-order valence-electron chi connectivity index (χ0n) is 11.7. The van der Waals surface area contributed by atoms with Crippen LogP contribution in [-0.2, 0) is 9.47 Å². The third-order valence-electron chi connectivity index (χ3n) is 3.12. The molecule has 2 nitrogen and oxygen atoms in total. The van der Waals surface area contributed by atoms with E-state index in [0.717, 1.165) is 11.1 Å². The largest absolute Gasteiger partial charge is 0.491 e. The van der Waals surface area contributed by atoms with Crippen LogP contribution in [0.4, 0.5) is 0 Å². The van der Waals surface area contributed by atoms with Gasteiger partial charge >= 0.3 is 0 Å². The van der Waals surface area contributed by atoms with E-state index in [9.17, 15) is 0 Å². The van der Waals surface area contributed by atoms with E-state index in [4.69, 9.17) is 9.47 Å². The van der Waals surface area contributed by atoms with E-state index in [-0.39, 0.29) is 12.2 Å². The highest BCUT2D eigenvalue weighted by atomic mass is 16.5. The van der Waals surface area contributed by atoms with Crippen LogP contribution in [0.2, 0.25) is 0 Å². The van der Waals surface area contributed by atoms with Crippen molar-refractivity contribution in [2.45, 2.75) is 19.1 Å². The second-order valence-corrected chi connectivity index (χ2v) is 4.42. The minimum atomic E-state index is -0.198. The molecular weight excluding hydrogens is 248 g/mol. The van der Waals surface area contributed by atoms with Crippen LogP contribution in [0.15, 0.2) is 73.5 Å². The van der Waals surface area contributed by atoms with Crippen LogP contribution in [-0.4, -0.2) is 6.61 Å². The van der Waals surface area contributed by atoms with E-state index in [0.29, 0.717) is 6.61 Å². The first-order valence-electron chi connectivity index (χ1n) is 6.84. The lowest BCUT2D eigenvalue weighted by molar-refractivity contribution is -0.0424. The molecule has 0 heterocycles. The topological polar surface area (TPSA) is 18.5 Å². The van der Waals surface area contributed by atoms with Crippen molar-refractivity contribution < 1.29 is 9.47 Å². The summed E-state index contributed by atoms with van der Waals surface area (Å²) in [5.74, 6) is 0. The Morgan fingerprint density at radius 1 is 0.900 bits per heavy atom. The third-order valence-corrected chi connectivity index (χ3v) is 3.12. The summed E-state index contributed by atoms with van der Waals surface area (Å²) >= 11 is 0. The Morgan fingerprint density at radius 3 is 1.85 bits per heavy atom. The van der Waals surface area contributed by atoms with Crippen molar-refractivity contribution >= 4 is 0 Å². The molecule has 2 aromatic carbocycles. The Balaban J connectivity index is 2.35. The molecule has 0 radical (unpaired) electrons. The van der Waals surface area contributed by atoms with Crippen LogP contribution in [0.1, 0.15) is 30.3 Å². The maximum atomic E-state index is 5.92. The van der Waals surface area contributed by atoms with E-state index in [1.807, 2.05) is 55.5 Å². The molecule has 0 fully saturated rings. The zero-order valence-corrected chi connectivity index (χ0v) is 11.7. The maximum Gasteiger partial charge on any atom is 0.153 e. The molecule has 20 heavy (non-hydrogen) atoms. The molecular formula is C18H20O2. The number of ether oxygens (including phenoxy) is 2. The van der Waals surface area contributed by atoms with Crippen LogP contribution < -0.4 is 0 Å². The molecule has 0 amide bonds. The summed E-state index contributed by atoms with van der Waals surface area (Å²) in [5, 5.41) is 0. The smallest absolute Gasteiger partial charge is 0.153 e. The summed E-state index contributed by atoms with van der Waals surface area (Å²) in [6.07, 6.45) is 1.13. The Labute approximate surface area is 120 Å². The Hall–Kier alpha value is -2.06. The molecule has 2 heteroatoms. The molecule has 104 valence electrons. The molecule has 2 atom stereocenters. The quantitative estimate of drug-likeness (QED) is 0.680. The van der Waals surface area contributed by atoms with Crippen LogP contribution in [0, 0.1) is 0 Å². The average molecular weight is 268 g/mol. The highest BCUT2D eigenvalue weighted by Gasteiger charge is 2.26. The summed E-state index contributed by atoms with van der Waals surface area (Å²) < 4.78 is 11.7. The van der Waals surface area contributed by atoms with Crippen LogP contribution in [0.25, 0.3) is 0 Å². The summed E-state index contributed by atoms with van der Waals surface area (Å²) in [5.41, 5.74) is 2.18. The Kier molecular flexibility index (Phi) is 5.39. The van der Waals surface area contributed by atoms with E-state index < -0.39 is 0 Å². The predicted octanol–water partition coefficient (Wildman–Crippen LogP) is 4.67. The molecule has 0 saturated carbocycles. The molecule has 2 aromatic rings. The van der Waals surface area contributed by atoms with Crippen LogP contribution in [0.3, 0.4) is 0 Å². The number of rotatable bonds is 7. The standard InChI is InChI=1S/C18H20O2/c1-3-19-17(15-11-7-5-8-12-15)18(20-4-2)16-13-9-6-10-14-16/h3,5-14,17-18H,1,4H2,2H3/t17-,18+/m0/s1. The second kappa shape index (κ2) is 7.51. The van der Waals surface area contributed by atoms with Crippen molar-refractivity contribution in [3.8, 4) is 0 Å². The van der Waals surface area contributed by atoms with Gasteiger partial charge in [0.25, 0.3) is 0 Å². The van der Waals surface area contributed by atoms with Crippen LogP contribution >= 0.6 is 0 Å². The fourth-order valence-electron chi connectivity index (χ4n) is 2.25. The molecule has 0 bridgehead atoms. The fraction of sp³-hybridized carbons (Fsp3) is 0.222. The van der Waals surface area contributed by atoms with Gasteiger partial charge in [-0.25, -0.2) is 0 Å². The molecule has 0 aliphatic heterocycles. The first kappa shape index (κ1) is 14.4. The monoisotopic (exact) mass is 268 g/mol. The first-order chi connectivity index (χ1) is 9.86. The van der Waals surface area contributed by atoms with Gasteiger partial charge in [-0.15, -0.1) is 0 Å². The number of benzene rings is 2. The normalized spacial score (nSPS) is 13.4. The van der Waals surface area contributed by atoms with Gasteiger partial charge in [0, 0.05) is 6.61 Å². The molecule has 2 rings (SSSR count). The van der Waals surface area contributed by atoms with Gasteiger partial charge in [0.1, 0.15) is 6.10 Å². The van der Waals surface area contributed by atoms with E-state index in [2.05, 4.69) is 18.7 Å². The number of hydrogen-bond acceptors (Lipinski definition) is 2. The molecule has 0 spiro atoms. The molecule has 0 saturated heterocycles. The van der Waals surface area contributed by atoms with Crippen molar-refractivity contribution in [1.29, 1.82) is 0 Å². The molecule has 0 aliphatic rings. The first-order valence-corrected chi connectivity index (χ1v) is 6.84. The Morgan fingerprint density at radius 2 is 1.40 bits per heavy atom. The third kappa shape index (κ3) is 3.49. The molecule has 0 unspecified atom stereocenters. The fourth-order valence-corrected chi connectivity index (χ4v) is 2.25. The van der Waals surface area contributed by atoms with E-state index in [1.54, 1.807) is 0 Å². The van der Waals surface area contributed by atoms with Crippen LogP contribution in [0.5, 0.6) is 0 Å². The summed E-state index contributed by atoms with van der Waals surface area (Å²) in [4.78, 5) is 0. The molecule has 0 N–H and O–H groups in total. The predicted molar refractivity (Wildman–Crippen MR) is 81.3 cm³/mol. The maximum absolute atomic E-state index is 5.92. The lowest BCUT2D eigenvalue weighted by atomic mass is 9.98. The summed E-state index contributed by atoms with van der Waals surface area (Å²) in [7, 11) is 0. The van der Waals surface area contributed by atoms with Gasteiger partial charge < -0.3 is 9.47 Å². The second-order valence-electron chi connectivity index (χ2n) is 4.42.